The lowest BCUT2D eigenvalue weighted by Gasteiger charge is -2.33. The van der Waals surface area contributed by atoms with E-state index in [9.17, 15) is 5.11 Å². The van der Waals surface area contributed by atoms with E-state index in [1.807, 2.05) is 30.3 Å². The van der Waals surface area contributed by atoms with E-state index in [4.69, 9.17) is 8.83 Å². The molecule has 1 unspecified atom stereocenters. The Balaban J connectivity index is 1.32. The van der Waals surface area contributed by atoms with E-state index < -0.39 is 6.10 Å². The smallest absolute Gasteiger partial charge is 0.283 e. The number of hydrogen-bond acceptors (Lipinski definition) is 6. The molecule has 1 aliphatic heterocycles. The van der Waals surface area contributed by atoms with Crippen molar-refractivity contribution in [3.8, 4) is 11.7 Å². The van der Waals surface area contributed by atoms with Gasteiger partial charge in [-0.25, -0.2) is 0 Å². The Morgan fingerprint density at radius 3 is 2.60 bits per heavy atom. The number of piperidine rings is 1. The van der Waals surface area contributed by atoms with Crippen LogP contribution in [0.15, 0.2) is 57.6 Å². The molecule has 1 saturated heterocycles. The summed E-state index contributed by atoms with van der Waals surface area (Å²) in [6.07, 6.45) is 3.10. The van der Waals surface area contributed by atoms with Crippen LogP contribution in [-0.2, 0) is 6.54 Å². The van der Waals surface area contributed by atoms with Crippen LogP contribution in [0.25, 0.3) is 11.7 Å². The van der Waals surface area contributed by atoms with Gasteiger partial charge in [-0.05, 0) is 49.5 Å². The fourth-order valence-corrected chi connectivity index (χ4v) is 3.36. The molecule has 130 valence electrons. The Morgan fingerprint density at radius 2 is 1.88 bits per heavy atom. The quantitative estimate of drug-likeness (QED) is 0.769. The van der Waals surface area contributed by atoms with Gasteiger partial charge in [-0.1, -0.05) is 30.3 Å². The van der Waals surface area contributed by atoms with Crippen molar-refractivity contribution in [1.29, 1.82) is 0 Å². The SMILES string of the molecule is OC(c1ccccc1)C1CCN(Cc2nnc(-c3ccco3)o2)CC1. The Morgan fingerprint density at radius 1 is 1.08 bits per heavy atom. The Bertz CT molecular complexity index is 777. The highest BCUT2D eigenvalue weighted by molar-refractivity contribution is 5.42. The normalized spacial score (nSPS) is 17.6. The molecule has 1 N–H and O–H groups in total. The minimum atomic E-state index is -0.391. The van der Waals surface area contributed by atoms with Crippen molar-refractivity contribution < 1.29 is 13.9 Å². The molecule has 1 aliphatic rings. The predicted molar refractivity (Wildman–Crippen MR) is 91.4 cm³/mol. The van der Waals surface area contributed by atoms with Crippen LogP contribution in [0.5, 0.6) is 0 Å². The van der Waals surface area contributed by atoms with Crippen LogP contribution in [0.4, 0.5) is 0 Å². The van der Waals surface area contributed by atoms with Crippen LogP contribution in [-0.4, -0.2) is 33.3 Å². The number of furan rings is 1. The van der Waals surface area contributed by atoms with Gasteiger partial charge in [0, 0.05) is 0 Å². The highest BCUT2D eigenvalue weighted by Crippen LogP contribution is 2.31. The van der Waals surface area contributed by atoms with Crippen LogP contribution >= 0.6 is 0 Å². The molecule has 3 aromatic rings. The van der Waals surface area contributed by atoms with Crippen molar-refractivity contribution in [1.82, 2.24) is 15.1 Å². The minimum absolute atomic E-state index is 0.292. The predicted octanol–water partition coefficient (Wildman–Crippen LogP) is 3.28. The molecule has 4 rings (SSSR count). The third-order valence-electron chi connectivity index (χ3n) is 4.78. The summed E-state index contributed by atoms with van der Waals surface area (Å²) < 4.78 is 10.9. The first-order valence-electron chi connectivity index (χ1n) is 8.61. The average molecular weight is 339 g/mol. The standard InChI is InChI=1S/C19H21N3O3/c23-18(14-5-2-1-3-6-14)15-8-10-22(11-9-15)13-17-20-21-19(25-17)16-7-4-12-24-16/h1-7,12,15,18,23H,8-11,13H2. The van der Waals surface area contributed by atoms with Crippen LogP contribution in [0.2, 0.25) is 0 Å². The fraction of sp³-hybridized carbons (Fsp3) is 0.368. The molecular formula is C19H21N3O3. The molecule has 1 aromatic carbocycles. The Labute approximate surface area is 146 Å². The largest absolute Gasteiger partial charge is 0.459 e. The van der Waals surface area contributed by atoms with Gasteiger partial charge in [-0.15, -0.1) is 10.2 Å². The van der Waals surface area contributed by atoms with E-state index in [0.29, 0.717) is 30.0 Å². The van der Waals surface area contributed by atoms with Crippen LogP contribution < -0.4 is 0 Å². The van der Waals surface area contributed by atoms with Crippen LogP contribution in [0.1, 0.15) is 30.4 Å². The van der Waals surface area contributed by atoms with E-state index >= 15 is 0 Å². The number of likely N-dealkylation sites (tertiary alicyclic amines) is 1. The van der Waals surface area contributed by atoms with Crippen molar-refractivity contribution in [2.75, 3.05) is 13.1 Å². The molecule has 0 bridgehead atoms. The monoisotopic (exact) mass is 339 g/mol. The van der Waals surface area contributed by atoms with Gasteiger partial charge in [-0.2, -0.15) is 0 Å². The summed E-state index contributed by atoms with van der Waals surface area (Å²) in [6, 6.07) is 13.5. The Kier molecular flexibility index (Phi) is 4.63. The van der Waals surface area contributed by atoms with Crippen molar-refractivity contribution in [2.24, 2.45) is 5.92 Å². The molecule has 1 atom stereocenters. The van der Waals surface area contributed by atoms with E-state index in [0.717, 1.165) is 31.5 Å². The summed E-state index contributed by atoms with van der Waals surface area (Å²) in [5.74, 6) is 1.88. The van der Waals surface area contributed by atoms with Crippen molar-refractivity contribution in [3.05, 3.63) is 60.2 Å². The van der Waals surface area contributed by atoms with Crippen molar-refractivity contribution >= 4 is 0 Å². The summed E-state index contributed by atoms with van der Waals surface area (Å²) >= 11 is 0. The number of aromatic nitrogens is 2. The number of benzene rings is 1. The molecule has 0 aliphatic carbocycles. The lowest BCUT2D eigenvalue weighted by molar-refractivity contribution is 0.0544. The zero-order valence-electron chi connectivity index (χ0n) is 13.9. The number of hydrogen-bond donors (Lipinski definition) is 1. The van der Waals surface area contributed by atoms with Gasteiger partial charge in [0.2, 0.25) is 5.89 Å². The third-order valence-corrected chi connectivity index (χ3v) is 4.78. The maximum atomic E-state index is 10.6. The highest BCUT2D eigenvalue weighted by atomic mass is 16.4. The highest BCUT2D eigenvalue weighted by Gasteiger charge is 2.27. The summed E-state index contributed by atoms with van der Waals surface area (Å²) in [4.78, 5) is 2.29. The van der Waals surface area contributed by atoms with Gasteiger partial charge in [0.25, 0.3) is 5.89 Å². The van der Waals surface area contributed by atoms with E-state index in [2.05, 4.69) is 15.1 Å². The molecular weight excluding hydrogens is 318 g/mol. The topological polar surface area (TPSA) is 75.5 Å². The first-order valence-corrected chi connectivity index (χ1v) is 8.61. The van der Waals surface area contributed by atoms with Gasteiger partial charge in [0.05, 0.1) is 18.9 Å². The third kappa shape index (κ3) is 3.65. The van der Waals surface area contributed by atoms with Gasteiger partial charge >= 0.3 is 0 Å². The molecule has 3 heterocycles. The van der Waals surface area contributed by atoms with Crippen molar-refractivity contribution in [3.63, 3.8) is 0 Å². The Hall–Kier alpha value is -2.44. The number of rotatable bonds is 5. The maximum Gasteiger partial charge on any atom is 0.283 e. The molecule has 0 amide bonds. The second-order valence-electron chi connectivity index (χ2n) is 6.45. The number of nitrogens with zero attached hydrogens (tertiary/aromatic N) is 3. The second kappa shape index (κ2) is 7.21. The van der Waals surface area contributed by atoms with Crippen LogP contribution in [0, 0.1) is 5.92 Å². The van der Waals surface area contributed by atoms with Gasteiger partial charge in [-0.3, -0.25) is 4.90 Å². The molecule has 0 spiro atoms. The summed E-state index contributed by atoms with van der Waals surface area (Å²) in [7, 11) is 0. The zero-order valence-corrected chi connectivity index (χ0v) is 13.9. The van der Waals surface area contributed by atoms with Gasteiger partial charge in [0.15, 0.2) is 5.76 Å². The summed E-state index contributed by atoms with van der Waals surface area (Å²) in [6.45, 7) is 2.45. The molecule has 6 nitrogen and oxygen atoms in total. The lowest BCUT2D eigenvalue weighted by Crippen LogP contribution is -2.35. The van der Waals surface area contributed by atoms with E-state index in [-0.39, 0.29) is 0 Å². The minimum Gasteiger partial charge on any atom is -0.459 e. The van der Waals surface area contributed by atoms with Crippen molar-refractivity contribution in [2.45, 2.75) is 25.5 Å². The van der Waals surface area contributed by atoms with Gasteiger partial charge in [0.1, 0.15) is 0 Å². The fourth-order valence-electron chi connectivity index (χ4n) is 3.36. The molecule has 6 heteroatoms. The second-order valence-corrected chi connectivity index (χ2v) is 6.45. The lowest BCUT2D eigenvalue weighted by atomic mass is 9.87. The summed E-state index contributed by atoms with van der Waals surface area (Å²) in [5.41, 5.74) is 1.00. The first kappa shape index (κ1) is 16.1. The first-order chi connectivity index (χ1) is 12.3. The zero-order chi connectivity index (χ0) is 17.1. The van der Waals surface area contributed by atoms with E-state index in [1.54, 1.807) is 18.4 Å². The maximum absolute atomic E-state index is 10.6. The molecule has 25 heavy (non-hydrogen) atoms. The molecule has 0 radical (unpaired) electrons. The number of aliphatic hydroxyl groups excluding tert-OH is 1. The van der Waals surface area contributed by atoms with E-state index in [1.165, 1.54) is 0 Å². The van der Waals surface area contributed by atoms with Crippen LogP contribution in [0.3, 0.4) is 0 Å². The summed E-state index contributed by atoms with van der Waals surface area (Å²) in [5, 5.41) is 18.7. The average Bonchev–Trinajstić information content (AvgIpc) is 3.34. The molecule has 1 fully saturated rings. The molecule has 2 aromatic heterocycles. The molecule has 0 saturated carbocycles. The number of aliphatic hydroxyl groups is 1. The van der Waals surface area contributed by atoms with Gasteiger partial charge < -0.3 is 13.9 Å².